The Hall–Kier alpha value is -2.92. The lowest BCUT2D eigenvalue weighted by atomic mass is 9.89. The Kier molecular flexibility index (Phi) is 5.49. The summed E-state index contributed by atoms with van der Waals surface area (Å²) >= 11 is 0. The zero-order valence-electron chi connectivity index (χ0n) is 15.3. The number of aliphatic hydroxyl groups excluding tert-OH is 1. The predicted octanol–water partition coefficient (Wildman–Crippen LogP) is 0.181. The highest BCUT2D eigenvalue weighted by Gasteiger charge is 2.53. The average Bonchev–Trinajstić information content (AvgIpc) is 3.00. The third-order valence-electron chi connectivity index (χ3n) is 4.81. The van der Waals surface area contributed by atoms with Crippen LogP contribution in [0.5, 0.6) is 0 Å². The molecule has 2 saturated heterocycles. The lowest BCUT2D eigenvalue weighted by molar-refractivity contribution is -0.426. The maximum absolute atomic E-state index is 13.1. The van der Waals surface area contributed by atoms with Gasteiger partial charge in [-0.2, -0.15) is 0 Å². The summed E-state index contributed by atoms with van der Waals surface area (Å²) in [5, 5.41) is 10.1. The number of hydrogen-bond acceptors (Lipinski definition) is 9. The number of aliphatic hydroxyl groups is 1. The minimum absolute atomic E-state index is 0.0776. The summed E-state index contributed by atoms with van der Waals surface area (Å²) in [5.74, 6) is -3.17. The maximum atomic E-state index is 13.1. The summed E-state index contributed by atoms with van der Waals surface area (Å²) in [6, 6.07) is 3.00. The third-order valence-corrected chi connectivity index (χ3v) is 4.81. The molecule has 2 fully saturated rings. The minimum Gasteiger partial charge on any atom is -0.427 e. The van der Waals surface area contributed by atoms with E-state index in [1.807, 2.05) is 0 Å². The molecule has 2 aliphatic heterocycles. The van der Waals surface area contributed by atoms with Gasteiger partial charge in [0.1, 0.15) is 11.7 Å². The van der Waals surface area contributed by atoms with Crippen LogP contribution in [-0.4, -0.2) is 64.0 Å². The van der Waals surface area contributed by atoms with Crippen molar-refractivity contribution in [2.24, 2.45) is 11.8 Å². The second kappa shape index (κ2) is 8.21. The lowest BCUT2D eigenvalue weighted by Gasteiger charge is -2.34. The van der Waals surface area contributed by atoms with Crippen LogP contribution in [0, 0.1) is 11.8 Å². The number of nitrogens with zero attached hydrogens (tertiary/aromatic N) is 3. The van der Waals surface area contributed by atoms with E-state index in [-0.39, 0.29) is 31.1 Å². The zero-order chi connectivity index (χ0) is 20.4. The minimum atomic E-state index is -0.934. The van der Waals surface area contributed by atoms with Gasteiger partial charge in [0.05, 0.1) is 31.2 Å². The monoisotopic (exact) mass is 401 g/mol. The Balaban J connectivity index is 1.52. The first kappa shape index (κ1) is 19.4. The topological polar surface area (TPSA) is 119 Å². The molecule has 0 aromatic carbocycles. The van der Waals surface area contributed by atoms with Crippen molar-refractivity contribution >= 4 is 17.8 Å². The first-order valence-corrected chi connectivity index (χ1v) is 9.15. The number of allylic oxidation sites excluding steroid dienone is 2. The molecule has 3 atom stereocenters. The Morgan fingerprint density at radius 2 is 2.07 bits per heavy atom. The molecule has 1 aromatic heterocycles. The number of hydrogen-bond donors (Lipinski definition) is 1. The summed E-state index contributed by atoms with van der Waals surface area (Å²) in [7, 11) is 0. The molecular weight excluding hydrogens is 382 g/mol. The second-order valence-corrected chi connectivity index (χ2v) is 6.59. The molecular formula is C19H19N3O7. The van der Waals surface area contributed by atoms with Crippen LogP contribution in [0.25, 0.3) is 0 Å². The largest absolute Gasteiger partial charge is 0.427 e. The molecule has 1 N–H and O–H groups in total. The first-order valence-electron chi connectivity index (χ1n) is 9.15. The molecule has 2 amide bonds. The van der Waals surface area contributed by atoms with Crippen molar-refractivity contribution in [2.75, 3.05) is 19.8 Å². The van der Waals surface area contributed by atoms with E-state index in [0.29, 0.717) is 6.42 Å². The van der Waals surface area contributed by atoms with Crippen LogP contribution in [0.2, 0.25) is 0 Å². The summed E-state index contributed by atoms with van der Waals surface area (Å²) in [5.41, 5.74) is 0.285. The lowest BCUT2D eigenvalue weighted by Crippen LogP contribution is -2.50. The van der Waals surface area contributed by atoms with Crippen molar-refractivity contribution in [3.05, 3.63) is 54.1 Å². The molecule has 1 aliphatic carbocycles. The SMILES string of the molecule is O=C(OC1=CC=CC2C(=O)N(C3CCON(CCO)O3)C(=O)C12)c1ccncc1. The van der Waals surface area contributed by atoms with Gasteiger partial charge in [-0.3, -0.25) is 24.3 Å². The van der Waals surface area contributed by atoms with Crippen LogP contribution < -0.4 is 0 Å². The van der Waals surface area contributed by atoms with E-state index in [2.05, 4.69) is 4.98 Å². The van der Waals surface area contributed by atoms with E-state index < -0.39 is 35.8 Å². The van der Waals surface area contributed by atoms with Gasteiger partial charge in [0, 0.05) is 18.8 Å². The number of ether oxygens (including phenoxy) is 1. The number of hydroxylamine groups is 2. The first-order chi connectivity index (χ1) is 14.1. The van der Waals surface area contributed by atoms with Crippen LogP contribution >= 0.6 is 0 Å². The quantitative estimate of drug-likeness (QED) is 0.544. The number of β-amino-alcohol motifs (C(OH)–C–C–N with tert-alkyl or cyclic N) is 1. The van der Waals surface area contributed by atoms with Crippen LogP contribution in [0.15, 0.2) is 48.5 Å². The zero-order valence-corrected chi connectivity index (χ0v) is 15.3. The molecule has 3 heterocycles. The Bertz CT molecular complexity index is 868. The Morgan fingerprint density at radius 3 is 2.83 bits per heavy atom. The maximum Gasteiger partial charge on any atom is 0.343 e. The normalized spacial score (nSPS) is 27.0. The number of pyridine rings is 1. The van der Waals surface area contributed by atoms with Gasteiger partial charge < -0.3 is 9.84 Å². The molecule has 0 saturated carbocycles. The fourth-order valence-electron chi connectivity index (χ4n) is 3.47. The molecule has 29 heavy (non-hydrogen) atoms. The summed E-state index contributed by atoms with van der Waals surface area (Å²) in [4.78, 5) is 54.0. The van der Waals surface area contributed by atoms with E-state index in [0.717, 1.165) is 10.1 Å². The van der Waals surface area contributed by atoms with Gasteiger partial charge in [0.25, 0.3) is 0 Å². The third kappa shape index (κ3) is 3.70. The number of carbonyl (C=O) groups excluding carboxylic acids is 3. The molecule has 0 bridgehead atoms. The standard InChI is InChI=1S/C19H19N3O7/c23-10-9-21-27-11-6-15(29-21)22-17(24)13-2-1-3-14(16(13)18(22)25)28-19(26)12-4-7-20-8-5-12/h1-5,7-8,13,15-16,23H,6,9-11H2. The molecule has 10 nitrogen and oxygen atoms in total. The fourth-order valence-corrected chi connectivity index (χ4v) is 3.47. The predicted molar refractivity (Wildman–Crippen MR) is 94.9 cm³/mol. The summed E-state index contributed by atoms with van der Waals surface area (Å²) < 4.78 is 5.44. The van der Waals surface area contributed by atoms with Crippen LogP contribution in [0.1, 0.15) is 16.8 Å². The van der Waals surface area contributed by atoms with Crippen molar-refractivity contribution in [2.45, 2.75) is 12.6 Å². The smallest absolute Gasteiger partial charge is 0.343 e. The van der Waals surface area contributed by atoms with Crippen molar-refractivity contribution < 1.29 is 33.9 Å². The van der Waals surface area contributed by atoms with Gasteiger partial charge in [-0.15, -0.1) is 0 Å². The molecule has 3 aliphatic rings. The number of amides is 2. The van der Waals surface area contributed by atoms with E-state index >= 15 is 0 Å². The van der Waals surface area contributed by atoms with E-state index in [4.69, 9.17) is 19.5 Å². The van der Waals surface area contributed by atoms with Gasteiger partial charge in [-0.1, -0.05) is 17.4 Å². The number of likely N-dealkylation sites (tertiary alicyclic amines) is 1. The highest BCUT2D eigenvalue weighted by Crippen LogP contribution is 2.38. The number of carbonyl (C=O) groups is 3. The molecule has 4 rings (SSSR count). The van der Waals surface area contributed by atoms with Crippen LogP contribution in [0.4, 0.5) is 0 Å². The Labute approximate surface area is 165 Å². The molecule has 0 spiro atoms. The fraction of sp³-hybridized carbons (Fsp3) is 0.368. The van der Waals surface area contributed by atoms with Crippen LogP contribution in [-0.2, 0) is 24.0 Å². The summed E-state index contributed by atoms with van der Waals surface area (Å²) in [6.07, 6.45) is 7.07. The molecule has 1 aromatic rings. The highest BCUT2D eigenvalue weighted by molar-refractivity contribution is 6.08. The summed E-state index contributed by atoms with van der Waals surface area (Å²) in [6.45, 7) is 0.0985. The van der Waals surface area contributed by atoms with Crippen molar-refractivity contribution in [1.29, 1.82) is 0 Å². The van der Waals surface area contributed by atoms with Gasteiger partial charge in [0.15, 0.2) is 6.23 Å². The molecule has 152 valence electrons. The second-order valence-electron chi connectivity index (χ2n) is 6.59. The average molecular weight is 401 g/mol. The van der Waals surface area contributed by atoms with Crippen LogP contribution in [0.3, 0.4) is 0 Å². The Morgan fingerprint density at radius 1 is 1.28 bits per heavy atom. The van der Waals surface area contributed by atoms with Gasteiger partial charge in [-0.25, -0.2) is 9.63 Å². The number of rotatable bonds is 5. The molecule has 3 unspecified atom stereocenters. The van der Waals surface area contributed by atoms with Crippen molar-refractivity contribution in [1.82, 2.24) is 15.1 Å². The van der Waals surface area contributed by atoms with Gasteiger partial charge in [0.2, 0.25) is 11.8 Å². The van der Waals surface area contributed by atoms with Gasteiger partial charge in [-0.05, 0) is 18.2 Å². The van der Waals surface area contributed by atoms with E-state index in [1.165, 1.54) is 30.6 Å². The highest BCUT2D eigenvalue weighted by atomic mass is 17.0. The van der Waals surface area contributed by atoms with E-state index in [1.54, 1.807) is 12.2 Å². The number of aromatic nitrogens is 1. The number of esters is 1. The van der Waals surface area contributed by atoms with Crippen molar-refractivity contribution in [3.63, 3.8) is 0 Å². The van der Waals surface area contributed by atoms with E-state index in [9.17, 15) is 14.4 Å². The number of fused-ring (bicyclic) bond motifs is 1. The van der Waals surface area contributed by atoms with Gasteiger partial charge >= 0.3 is 5.97 Å². The molecule has 0 radical (unpaired) electrons. The molecule has 10 heteroatoms. The number of imide groups is 1. The van der Waals surface area contributed by atoms with Crippen molar-refractivity contribution in [3.8, 4) is 0 Å².